The normalized spacial score (nSPS) is 22.5. The summed E-state index contributed by atoms with van der Waals surface area (Å²) in [5.74, 6) is -1.67. The molecule has 1 aliphatic rings. The van der Waals surface area contributed by atoms with E-state index in [9.17, 15) is 13.2 Å². The number of carboxylic acid groups (broad SMARTS) is 1. The molecule has 1 fully saturated rings. The molecule has 0 amide bonds. The Bertz CT molecular complexity index is 587. The predicted molar refractivity (Wildman–Crippen MR) is 67.4 cm³/mol. The van der Waals surface area contributed by atoms with Crippen molar-refractivity contribution in [3.8, 4) is 0 Å². The molecule has 0 saturated heterocycles. The minimum atomic E-state index is -3.79. The summed E-state index contributed by atoms with van der Waals surface area (Å²) >= 11 is 0. The molecule has 1 heterocycles. The van der Waals surface area contributed by atoms with Crippen molar-refractivity contribution in [1.82, 2.24) is 4.72 Å². The fourth-order valence-corrected chi connectivity index (χ4v) is 3.60. The van der Waals surface area contributed by atoms with Crippen molar-refractivity contribution in [2.45, 2.75) is 44.2 Å². The maximum absolute atomic E-state index is 12.0. The molecular weight excluding hydrogens is 270 g/mol. The van der Waals surface area contributed by atoms with E-state index in [4.69, 9.17) is 9.52 Å². The van der Waals surface area contributed by atoms with Crippen molar-refractivity contribution in [3.05, 3.63) is 17.9 Å². The third-order valence-corrected chi connectivity index (χ3v) is 4.74. The first-order valence-electron chi connectivity index (χ1n) is 6.05. The molecule has 6 nitrogen and oxygen atoms in total. The number of nitrogens with one attached hydrogen (secondary N) is 1. The van der Waals surface area contributed by atoms with Crippen LogP contribution in [0.2, 0.25) is 0 Å². The zero-order chi connectivity index (χ0) is 14.3. The molecular formula is C12H17NO5S. The summed E-state index contributed by atoms with van der Waals surface area (Å²) in [5, 5.41) is 8.36. The van der Waals surface area contributed by atoms with Crippen molar-refractivity contribution in [1.29, 1.82) is 0 Å². The molecule has 0 radical (unpaired) electrons. The molecule has 0 spiro atoms. The van der Waals surface area contributed by atoms with E-state index >= 15 is 0 Å². The molecule has 0 aromatic carbocycles. The number of rotatable bonds is 4. The molecule has 7 heteroatoms. The lowest BCUT2D eigenvalue weighted by atomic mass is 9.92. The zero-order valence-electron chi connectivity index (χ0n) is 10.8. The second kappa shape index (κ2) is 4.64. The number of sulfonamides is 1. The van der Waals surface area contributed by atoms with Gasteiger partial charge in [-0.1, -0.05) is 13.8 Å². The predicted octanol–water partition coefficient (Wildman–Crippen LogP) is 1.83. The molecule has 1 aromatic rings. The van der Waals surface area contributed by atoms with Gasteiger partial charge in [-0.15, -0.1) is 0 Å². The van der Waals surface area contributed by atoms with Crippen LogP contribution in [0.5, 0.6) is 0 Å². The van der Waals surface area contributed by atoms with Crippen LogP contribution in [-0.2, 0) is 10.0 Å². The van der Waals surface area contributed by atoms with Crippen LogP contribution in [0.15, 0.2) is 21.6 Å². The Morgan fingerprint density at radius 2 is 2.16 bits per heavy atom. The van der Waals surface area contributed by atoms with Crippen LogP contribution in [0.3, 0.4) is 0 Å². The Balaban J connectivity index is 2.12. The van der Waals surface area contributed by atoms with Gasteiger partial charge in [0.2, 0.25) is 10.9 Å². The van der Waals surface area contributed by atoms with E-state index in [2.05, 4.69) is 18.6 Å². The van der Waals surface area contributed by atoms with Crippen LogP contribution in [0.25, 0.3) is 0 Å². The Hall–Kier alpha value is -1.34. The van der Waals surface area contributed by atoms with Crippen LogP contribution >= 0.6 is 0 Å². The second-order valence-electron chi connectivity index (χ2n) is 5.65. The minimum absolute atomic E-state index is 0.127. The van der Waals surface area contributed by atoms with E-state index in [1.807, 2.05) is 0 Å². The van der Waals surface area contributed by atoms with Gasteiger partial charge in [0.05, 0.1) is 0 Å². The van der Waals surface area contributed by atoms with Gasteiger partial charge < -0.3 is 9.52 Å². The Morgan fingerprint density at radius 1 is 1.47 bits per heavy atom. The Morgan fingerprint density at radius 3 is 2.63 bits per heavy atom. The van der Waals surface area contributed by atoms with Crippen LogP contribution < -0.4 is 4.72 Å². The fourth-order valence-electron chi connectivity index (χ4n) is 2.39. The van der Waals surface area contributed by atoms with Gasteiger partial charge in [0, 0.05) is 6.04 Å². The molecule has 1 saturated carbocycles. The summed E-state index contributed by atoms with van der Waals surface area (Å²) in [4.78, 5) is 10.7. The van der Waals surface area contributed by atoms with E-state index in [0.717, 1.165) is 31.4 Å². The SMILES string of the molecule is CC1(C)CCC(NS(=O)(=O)c2ccc(C(=O)O)o2)C1. The third kappa shape index (κ3) is 3.16. The standard InChI is InChI=1S/C12H17NO5S/c1-12(2)6-5-8(7-12)13-19(16,17)10-4-3-9(18-10)11(14)15/h3-4,8,13H,5-7H2,1-2H3,(H,14,15). The summed E-state index contributed by atoms with van der Waals surface area (Å²) in [6, 6.07) is 2.17. The molecule has 0 aliphatic heterocycles. The first kappa shape index (κ1) is 14.1. The first-order valence-corrected chi connectivity index (χ1v) is 7.53. The van der Waals surface area contributed by atoms with Crippen molar-refractivity contribution in [2.75, 3.05) is 0 Å². The van der Waals surface area contributed by atoms with Gasteiger partial charge in [0.15, 0.2) is 0 Å². The summed E-state index contributed by atoms with van der Waals surface area (Å²) in [7, 11) is -3.79. The van der Waals surface area contributed by atoms with Crippen molar-refractivity contribution in [3.63, 3.8) is 0 Å². The average molecular weight is 287 g/mol. The summed E-state index contributed by atoms with van der Waals surface area (Å²) in [6.07, 6.45) is 2.50. The maximum Gasteiger partial charge on any atom is 0.371 e. The average Bonchev–Trinajstić information content (AvgIpc) is 2.84. The van der Waals surface area contributed by atoms with Crippen LogP contribution in [-0.4, -0.2) is 25.5 Å². The lowest BCUT2D eigenvalue weighted by Crippen LogP contribution is -2.33. The molecule has 106 valence electrons. The molecule has 2 N–H and O–H groups in total. The van der Waals surface area contributed by atoms with E-state index in [-0.39, 0.29) is 22.3 Å². The summed E-state index contributed by atoms with van der Waals surface area (Å²) in [5.41, 5.74) is 0.128. The number of carbonyl (C=O) groups is 1. The van der Waals surface area contributed by atoms with Gasteiger partial charge in [-0.05, 0) is 36.8 Å². The molecule has 1 aliphatic carbocycles. The molecule has 1 aromatic heterocycles. The van der Waals surface area contributed by atoms with Crippen molar-refractivity contribution >= 4 is 16.0 Å². The highest BCUT2D eigenvalue weighted by Crippen LogP contribution is 2.37. The monoisotopic (exact) mass is 287 g/mol. The molecule has 19 heavy (non-hydrogen) atoms. The van der Waals surface area contributed by atoms with Gasteiger partial charge in [0.25, 0.3) is 10.0 Å². The highest BCUT2D eigenvalue weighted by atomic mass is 32.2. The Kier molecular flexibility index (Phi) is 3.44. The molecule has 1 unspecified atom stereocenters. The van der Waals surface area contributed by atoms with Gasteiger partial charge >= 0.3 is 5.97 Å². The number of furan rings is 1. The quantitative estimate of drug-likeness (QED) is 0.880. The largest absolute Gasteiger partial charge is 0.475 e. The molecule has 2 rings (SSSR count). The third-order valence-electron chi connectivity index (χ3n) is 3.35. The highest BCUT2D eigenvalue weighted by molar-refractivity contribution is 7.89. The van der Waals surface area contributed by atoms with E-state index < -0.39 is 16.0 Å². The number of hydrogen-bond acceptors (Lipinski definition) is 4. The van der Waals surface area contributed by atoms with Gasteiger partial charge in [0.1, 0.15) is 0 Å². The number of carboxylic acids is 1. The minimum Gasteiger partial charge on any atom is -0.475 e. The fraction of sp³-hybridized carbons (Fsp3) is 0.583. The van der Waals surface area contributed by atoms with E-state index in [1.165, 1.54) is 0 Å². The van der Waals surface area contributed by atoms with Crippen molar-refractivity contribution < 1.29 is 22.7 Å². The van der Waals surface area contributed by atoms with Crippen LogP contribution in [0.4, 0.5) is 0 Å². The Labute approximate surface area is 111 Å². The summed E-state index contributed by atoms with van der Waals surface area (Å²) in [6.45, 7) is 4.19. The summed E-state index contributed by atoms with van der Waals surface area (Å²) < 4.78 is 31.5. The number of hydrogen-bond donors (Lipinski definition) is 2. The van der Waals surface area contributed by atoms with Crippen LogP contribution in [0.1, 0.15) is 43.7 Å². The molecule has 1 atom stereocenters. The zero-order valence-corrected chi connectivity index (χ0v) is 11.7. The van der Waals surface area contributed by atoms with E-state index in [1.54, 1.807) is 0 Å². The maximum atomic E-state index is 12.0. The lowest BCUT2D eigenvalue weighted by molar-refractivity contribution is 0.0656. The first-order chi connectivity index (χ1) is 8.70. The smallest absolute Gasteiger partial charge is 0.371 e. The lowest BCUT2D eigenvalue weighted by Gasteiger charge is -2.17. The topological polar surface area (TPSA) is 96.6 Å². The number of aromatic carboxylic acids is 1. The van der Waals surface area contributed by atoms with Crippen molar-refractivity contribution in [2.24, 2.45) is 5.41 Å². The van der Waals surface area contributed by atoms with Gasteiger partial charge in [-0.2, -0.15) is 0 Å². The van der Waals surface area contributed by atoms with Gasteiger partial charge in [-0.3, -0.25) is 0 Å². The van der Waals surface area contributed by atoms with E-state index in [0.29, 0.717) is 0 Å². The second-order valence-corrected chi connectivity index (χ2v) is 7.29. The molecule has 0 bridgehead atoms. The highest BCUT2D eigenvalue weighted by Gasteiger charge is 2.34. The van der Waals surface area contributed by atoms with Crippen LogP contribution in [0, 0.1) is 5.41 Å². The van der Waals surface area contributed by atoms with Gasteiger partial charge in [-0.25, -0.2) is 17.9 Å².